The molecule has 0 saturated heterocycles. The molecule has 22 heavy (non-hydrogen) atoms. The normalized spacial score (nSPS) is 13.0. The molecule has 2 rings (SSSR count). The first-order valence-corrected chi connectivity index (χ1v) is 6.51. The molecule has 2 fully saturated rings. The van der Waals surface area contributed by atoms with Gasteiger partial charge in [0.15, 0.2) is 0 Å². The number of aldehydes is 1. The molecule has 0 amide bonds. The molecule has 8 heteroatoms. The SMILES string of the molecule is CCC(O)C1CC1.CCC=O.O=C=O.O=C=O.[Br-].[CH-]1CC1.[Mg+2]. The first-order valence-electron chi connectivity index (χ1n) is 6.51. The van der Waals surface area contributed by atoms with Gasteiger partial charge < -0.3 is 33.3 Å². The number of halogens is 1. The first-order chi connectivity index (χ1) is 9.59. The fourth-order valence-electron chi connectivity index (χ4n) is 0.814. The summed E-state index contributed by atoms with van der Waals surface area (Å²) < 4.78 is 0. The van der Waals surface area contributed by atoms with Crippen LogP contribution in [0.3, 0.4) is 0 Å². The molecule has 1 atom stereocenters. The summed E-state index contributed by atoms with van der Waals surface area (Å²) in [7, 11) is 0. The van der Waals surface area contributed by atoms with Gasteiger partial charge >= 0.3 is 35.4 Å². The Balaban J connectivity index is -0.0000000568. The molecule has 0 aromatic rings. The van der Waals surface area contributed by atoms with E-state index in [1.807, 2.05) is 13.8 Å². The predicted molar refractivity (Wildman–Crippen MR) is 74.7 cm³/mol. The van der Waals surface area contributed by atoms with Gasteiger partial charge in [-0.3, -0.25) is 0 Å². The third-order valence-electron chi connectivity index (χ3n) is 2.04. The van der Waals surface area contributed by atoms with E-state index in [1.165, 1.54) is 25.7 Å². The van der Waals surface area contributed by atoms with Crippen molar-refractivity contribution in [1.29, 1.82) is 0 Å². The summed E-state index contributed by atoms with van der Waals surface area (Å²) in [5, 5.41) is 9.00. The number of carbonyl (C=O) groups is 1. The van der Waals surface area contributed by atoms with Crippen molar-refractivity contribution >= 4 is 41.6 Å². The number of aliphatic hydroxyl groups excluding tert-OH is 1. The van der Waals surface area contributed by atoms with Crippen LogP contribution >= 0.6 is 0 Å². The zero-order valence-corrected chi connectivity index (χ0v) is 16.1. The fourth-order valence-corrected chi connectivity index (χ4v) is 0.814. The quantitative estimate of drug-likeness (QED) is 0.346. The van der Waals surface area contributed by atoms with E-state index in [4.69, 9.17) is 24.3 Å². The Kier molecular flexibility index (Phi) is 49.2. The van der Waals surface area contributed by atoms with Crippen LogP contribution < -0.4 is 17.0 Å². The van der Waals surface area contributed by atoms with Crippen LogP contribution in [0, 0.1) is 12.3 Å². The van der Waals surface area contributed by atoms with Crippen molar-refractivity contribution in [2.24, 2.45) is 5.92 Å². The zero-order chi connectivity index (χ0) is 16.2. The van der Waals surface area contributed by atoms with Crippen molar-refractivity contribution < 1.29 is 46.1 Å². The Morgan fingerprint density at radius 3 is 1.45 bits per heavy atom. The zero-order valence-electron chi connectivity index (χ0n) is 13.1. The molecule has 6 nitrogen and oxygen atoms in total. The Bertz CT molecular complexity index is 256. The van der Waals surface area contributed by atoms with E-state index in [0.29, 0.717) is 12.3 Å². The van der Waals surface area contributed by atoms with Gasteiger partial charge in [-0.2, -0.15) is 19.2 Å². The number of hydrogen-bond donors (Lipinski definition) is 1. The molecule has 0 radical (unpaired) electrons. The standard InChI is InChI=1S/C6H12O.C3H6O.C3H5.2CO2.BrH.Mg/c1-2-6(7)5-3-4-5;1-2-3-4;1-2-3-1;2*2-1-3;;/h5-7H,2-4H2,1H3;3H,2H2,1H3;1H,2-3H2;;;1H;/q;;-1;;;;+2/p-1. The third-order valence-corrected chi connectivity index (χ3v) is 2.04. The van der Waals surface area contributed by atoms with Gasteiger partial charge in [-0.25, -0.2) is 12.8 Å². The summed E-state index contributed by atoms with van der Waals surface area (Å²) >= 11 is 0. The van der Waals surface area contributed by atoms with E-state index < -0.39 is 0 Å². The maximum Gasteiger partial charge on any atom is 2.00 e. The van der Waals surface area contributed by atoms with Gasteiger partial charge in [0, 0.05) is 6.42 Å². The number of carbonyl (C=O) groups excluding carboxylic acids is 5. The van der Waals surface area contributed by atoms with Gasteiger partial charge in [0.1, 0.15) is 6.29 Å². The average Bonchev–Trinajstić information content (AvgIpc) is 3.31. The van der Waals surface area contributed by atoms with E-state index in [1.54, 1.807) is 0 Å². The molecule has 0 spiro atoms. The Morgan fingerprint density at radius 1 is 1.14 bits per heavy atom. The van der Waals surface area contributed by atoms with Gasteiger partial charge in [-0.1, -0.05) is 13.8 Å². The molecule has 0 heterocycles. The smallest absolute Gasteiger partial charge is 1.00 e. The van der Waals surface area contributed by atoms with E-state index >= 15 is 0 Å². The van der Waals surface area contributed by atoms with Crippen molar-refractivity contribution in [2.75, 3.05) is 0 Å². The first kappa shape index (κ1) is 33.3. The second-order valence-electron chi connectivity index (χ2n) is 3.92. The number of hydrogen-bond acceptors (Lipinski definition) is 6. The molecule has 0 aromatic carbocycles. The van der Waals surface area contributed by atoms with E-state index in [2.05, 4.69) is 6.42 Å². The Morgan fingerprint density at radius 2 is 1.41 bits per heavy atom. The van der Waals surface area contributed by atoms with Crippen LogP contribution in [0.5, 0.6) is 0 Å². The molecule has 2 aliphatic rings. The van der Waals surface area contributed by atoms with Crippen molar-refractivity contribution in [3.05, 3.63) is 6.42 Å². The van der Waals surface area contributed by atoms with Crippen molar-refractivity contribution in [3.8, 4) is 0 Å². The van der Waals surface area contributed by atoms with Crippen LogP contribution in [-0.4, -0.2) is 52.9 Å². The molecule has 0 aliphatic heterocycles. The second-order valence-corrected chi connectivity index (χ2v) is 3.92. The van der Waals surface area contributed by atoms with Crippen molar-refractivity contribution in [1.82, 2.24) is 0 Å². The molecule has 2 saturated carbocycles. The minimum absolute atomic E-state index is 0. The number of rotatable bonds is 3. The van der Waals surface area contributed by atoms with Crippen LogP contribution in [0.1, 0.15) is 52.4 Å². The largest absolute Gasteiger partial charge is 2.00 e. The van der Waals surface area contributed by atoms with E-state index in [-0.39, 0.29) is 58.4 Å². The maximum absolute atomic E-state index is 9.17. The van der Waals surface area contributed by atoms with Crippen LogP contribution in [0.4, 0.5) is 0 Å². The molecule has 1 unspecified atom stereocenters. The summed E-state index contributed by atoms with van der Waals surface area (Å²) in [6.45, 7) is 3.84. The minimum Gasteiger partial charge on any atom is -1.00 e. The Hall–Kier alpha value is -0.364. The van der Waals surface area contributed by atoms with E-state index in [0.717, 1.165) is 12.7 Å². The van der Waals surface area contributed by atoms with Gasteiger partial charge in [0.2, 0.25) is 0 Å². The molecule has 1 N–H and O–H groups in total. The summed E-state index contributed by atoms with van der Waals surface area (Å²) in [6, 6.07) is 0. The van der Waals surface area contributed by atoms with Gasteiger partial charge in [-0.05, 0) is 25.2 Å². The van der Waals surface area contributed by atoms with Gasteiger partial charge in [0.05, 0.1) is 6.10 Å². The van der Waals surface area contributed by atoms with Crippen LogP contribution in [0.15, 0.2) is 0 Å². The minimum atomic E-state index is 0. The molecule has 2 aliphatic carbocycles. The average molecular weight is 392 g/mol. The topological polar surface area (TPSA) is 106 Å². The Labute approximate surface area is 158 Å². The van der Waals surface area contributed by atoms with E-state index in [9.17, 15) is 4.79 Å². The van der Waals surface area contributed by atoms with Crippen LogP contribution in [0.25, 0.3) is 0 Å². The summed E-state index contributed by atoms with van der Waals surface area (Å²) in [5.74, 6) is 0.671. The summed E-state index contributed by atoms with van der Waals surface area (Å²) in [6.07, 6.45) is 10.5. The molecule has 0 bridgehead atoms. The summed E-state index contributed by atoms with van der Waals surface area (Å²) in [5.41, 5.74) is 0. The molecule has 124 valence electrons. The molecule has 0 aromatic heterocycles. The second kappa shape index (κ2) is 32.5. The summed E-state index contributed by atoms with van der Waals surface area (Å²) in [4.78, 5) is 41.7. The van der Waals surface area contributed by atoms with Crippen molar-refractivity contribution in [2.45, 2.75) is 58.5 Å². The van der Waals surface area contributed by atoms with Gasteiger partial charge in [-0.15, -0.1) is 0 Å². The van der Waals surface area contributed by atoms with Gasteiger partial charge in [0.25, 0.3) is 0 Å². The van der Waals surface area contributed by atoms with Crippen molar-refractivity contribution in [3.63, 3.8) is 0 Å². The van der Waals surface area contributed by atoms with Crippen LogP contribution in [-0.2, 0) is 24.0 Å². The number of aliphatic hydroxyl groups is 1. The predicted octanol–water partition coefficient (Wildman–Crippen LogP) is -1.80. The third kappa shape index (κ3) is 60.3. The monoisotopic (exact) mass is 390 g/mol. The maximum atomic E-state index is 9.17. The molecular weight excluding hydrogens is 368 g/mol. The fraction of sp³-hybridized carbons (Fsp3) is 0.714. The van der Waals surface area contributed by atoms with Crippen LogP contribution in [0.2, 0.25) is 0 Å². The molecular formula is C14H23BrMgO6.